The molecule has 0 aliphatic heterocycles. The molecule has 3 heterocycles. The summed E-state index contributed by atoms with van der Waals surface area (Å²) in [6.07, 6.45) is -7.17. The van der Waals surface area contributed by atoms with Crippen LogP contribution in [0.5, 0.6) is 0 Å². The molecule has 0 aliphatic carbocycles. The van der Waals surface area contributed by atoms with E-state index in [2.05, 4.69) is 15.0 Å². The summed E-state index contributed by atoms with van der Waals surface area (Å²) in [5.74, 6) is 0.238. The second-order valence-electron chi connectivity index (χ2n) is 5.99. The minimum absolute atomic E-state index is 0.00734. The van der Waals surface area contributed by atoms with Crippen molar-refractivity contribution < 1.29 is 26.3 Å². The van der Waals surface area contributed by atoms with Crippen molar-refractivity contribution in [2.45, 2.75) is 37.6 Å². The van der Waals surface area contributed by atoms with Gasteiger partial charge in [0.25, 0.3) is 0 Å². The number of aryl methyl sites for hydroxylation is 1. The van der Waals surface area contributed by atoms with Crippen LogP contribution >= 0.6 is 11.8 Å². The van der Waals surface area contributed by atoms with Crippen molar-refractivity contribution in [3.63, 3.8) is 0 Å². The van der Waals surface area contributed by atoms with Crippen LogP contribution in [0.2, 0.25) is 0 Å². The second kappa shape index (κ2) is 7.26. The topological polar surface area (TPSA) is 43.6 Å². The van der Waals surface area contributed by atoms with Gasteiger partial charge in [-0.3, -0.25) is 9.55 Å². The summed E-state index contributed by atoms with van der Waals surface area (Å²) in [5, 5.41) is 0. The van der Waals surface area contributed by atoms with Gasteiger partial charge in [-0.05, 0) is 30.4 Å². The number of rotatable bonds is 4. The lowest BCUT2D eigenvalue weighted by atomic mass is 10.2. The monoisotopic (exact) mass is 420 g/mol. The Balaban J connectivity index is 2.26. The molecule has 0 saturated carbocycles. The largest absolute Gasteiger partial charge is 0.417 e. The summed E-state index contributed by atoms with van der Waals surface area (Å²) in [7, 11) is 0. The number of hydrogen-bond donors (Lipinski definition) is 0. The number of aromatic nitrogens is 4. The predicted octanol–water partition coefficient (Wildman–Crippen LogP) is 5.49. The van der Waals surface area contributed by atoms with Crippen molar-refractivity contribution in [3.8, 4) is 11.5 Å². The highest BCUT2D eigenvalue weighted by atomic mass is 32.2. The third-order valence-electron chi connectivity index (χ3n) is 3.75. The van der Waals surface area contributed by atoms with Gasteiger partial charge in [0, 0.05) is 17.3 Å². The number of nitrogens with zero attached hydrogens (tertiary/aromatic N) is 4. The molecule has 0 amide bonds. The van der Waals surface area contributed by atoms with E-state index in [1.807, 2.05) is 0 Å². The summed E-state index contributed by atoms with van der Waals surface area (Å²) in [5.41, 5.74) is -0.112. The van der Waals surface area contributed by atoms with Crippen LogP contribution in [0.4, 0.5) is 26.3 Å². The first-order valence-electron chi connectivity index (χ1n) is 8.09. The highest BCUT2D eigenvalue weighted by Gasteiger charge is 2.34. The molecular weight excluding hydrogens is 406 g/mol. The normalized spacial score (nSPS) is 12.7. The number of hydrogen-bond acceptors (Lipinski definition) is 4. The van der Waals surface area contributed by atoms with Gasteiger partial charge in [-0.15, -0.1) is 11.8 Å². The molecule has 0 aromatic carbocycles. The highest BCUT2D eigenvalue weighted by molar-refractivity contribution is 7.99. The van der Waals surface area contributed by atoms with E-state index in [-0.39, 0.29) is 27.6 Å². The van der Waals surface area contributed by atoms with Crippen LogP contribution < -0.4 is 0 Å². The van der Waals surface area contributed by atoms with E-state index in [4.69, 9.17) is 0 Å². The summed E-state index contributed by atoms with van der Waals surface area (Å²) in [4.78, 5) is 12.2. The summed E-state index contributed by atoms with van der Waals surface area (Å²) >= 11 is 1.05. The Kier molecular flexibility index (Phi) is 5.30. The zero-order chi connectivity index (χ0) is 20.7. The lowest BCUT2D eigenvalue weighted by Crippen LogP contribution is -2.19. The SMILES string of the molecule is CCSc1cc(C(F)(F)F)cnc1-c1nc2cc(C)cnc2n1CC(F)(F)F. The van der Waals surface area contributed by atoms with Gasteiger partial charge in [-0.1, -0.05) is 6.92 Å². The predicted molar refractivity (Wildman–Crippen MR) is 93.0 cm³/mol. The van der Waals surface area contributed by atoms with Crippen molar-refractivity contribution in [3.05, 3.63) is 35.7 Å². The highest BCUT2D eigenvalue weighted by Crippen LogP contribution is 2.37. The second-order valence-corrected chi connectivity index (χ2v) is 7.30. The maximum absolute atomic E-state index is 13.1. The van der Waals surface area contributed by atoms with Crippen LogP contribution in [-0.4, -0.2) is 31.4 Å². The van der Waals surface area contributed by atoms with Gasteiger partial charge in [0.1, 0.15) is 17.8 Å². The van der Waals surface area contributed by atoms with E-state index in [0.717, 1.165) is 22.4 Å². The minimum atomic E-state index is -4.61. The van der Waals surface area contributed by atoms with E-state index in [1.165, 1.54) is 6.20 Å². The summed E-state index contributed by atoms with van der Waals surface area (Å²) < 4.78 is 79.3. The van der Waals surface area contributed by atoms with Crippen LogP contribution in [0.3, 0.4) is 0 Å². The molecule has 3 aromatic rings. The Morgan fingerprint density at radius 3 is 2.36 bits per heavy atom. The van der Waals surface area contributed by atoms with Crippen molar-refractivity contribution in [1.29, 1.82) is 0 Å². The molecule has 3 aromatic heterocycles. The number of fused-ring (bicyclic) bond motifs is 1. The minimum Gasteiger partial charge on any atom is -0.298 e. The average molecular weight is 420 g/mol. The van der Waals surface area contributed by atoms with E-state index in [0.29, 0.717) is 17.5 Å². The molecule has 11 heteroatoms. The van der Waals surface area contributed by atoms with Crippen LogP contribution in [0.1, 0.15) is 18.1 Å². The van der Waals surface area contributed by atoms with Gasteiger partial charge >= 0.3 is 12.4 Å². The Morgan fingerprint density at radius 2 is 1.75 bits per heavy atom. The molecule has 150 valence electrons. The zero-order valence-electron chi connectivity index (χ0n) is 14.7. The van der Waals surface area contributed by atoms with Gasteiger partial charge in [0.2, 0.25) is 0 Å². The third-order valence-corrected chi connectivity index (χ3v) is 4.66. The smallest absolute Gasteiger partial charge is 0.298 e. The molecule has 28 heavy (non-hydrogen) atoms. The molecular formula is C17H14F6N4S. The molecule has 4 nitrogen and oxygen atoms in total. The summed E-state index contributed by atoms with van der Waals surface area (Å²) in [6.45, 7) is 2.05. The van der Waals surface area contributed by atoms with Crippen LogP contribution in [-0.2, 0) is 12.7 Å². The molecule has 0 N–H and O–H groups in total. The molecule has 0 saturated heterocycles. The molecule has 0 fully saturated rings. The van der Waals surface area contributed by atoms with Crippen molar-refractivity contribution >= 4 is 22.9 Å². The first kappa shape index (κ1) is 20.4. The van der Waals surface area contributed by atoms with Crippen LogP contribution in [0.15, 0.2) is 29.4 Å². The number of pyridine rings is 2. The van der Waals surface area contributed by atoms with Gasteiger partial charge in [-0.25, -0.2) is 9.97 Å². The van der Waals surface area contributed by atoms with Crippen molar-refractivity contribution in [2.75, 3.05) is 5.75 Å². The van der Waals surface area contributed by atoms with Gasteiger partial charge < -0.3 is 0 Å². The molecule has 0 bridgehead atoms. The van der Waals surface area contributed by atoms with Gasteiger partial charge in [0.15, 0.2) is 11.5 Å². The first-order valence-corrected chi connectivity index (χ1v) is 9.08. The average Bonchev–Trinajstić information content (AvgIpc) is 2.90. The first-order chi connectivity index (χ1) is 13.0. The van der Waals surface area contributed by atoms with E-state index >= 15 is 0 Å². The Morgan fingerprint density at radius 1 is 1.04 bits per heavy atom. The van der Waals surface area contributed by atoms with Crippen LogP contribution in [0, 0.1) is 6.92 Å². The van der Waals surface area contributed by atoms with E-state index in [1.54, 1.807) is 19.9 Å². The molecule has 0 atom stereocenters. The zero-order valence-corrected chi connectivity index (χ0v) is 15.5. The number of imidazole rings is 1. The lowest BCUT2D eigenvalue weighted by molar-refractivity contribution is -0.140. The maximum Gasteiger partial charge on any atom is 0.417 e. The number of thioether (sulfide) groups is 1. The lowest BCUT2D eigenvalue weighted by Gasteiger charge is -2.14. The van der Waals surface area contributed by atoms with Gasteiger partial charge in [0.05, 0.1) is 5.56 Å². The number of alkyl halides is 6. The van der Waals surface area contributed by atoms with Crippen molar-refractivity contribution in [1.82, 2.24) is 19.5 Å². The molecule has 0 aliphatic rings. The maximum atomic E-state index is 13.1. The molecule has 0 unspecified atom stereocenters. The molecule has 3 rings (SSSR count). The standard InChI is InChI=1S/C17H14F6N4S/c1-3-28-12-5-10(17(21,22)23)7-24-13(12)15-26-11-4-9(2)6-25-14(11)27(15)8-16(18,19)20/h4-7H,3,8H2,1-2H3. The summed E-state index contributed by atoms with van der Waals surface area (Å²) in [6, 6.07) is 2.45. The third kappa shape index (κ3) is 4.23. The fourth-order valence-electron chi connectivity index (χ4n) is 2.65. The fourth-order valence-corrected chi connectivity index (χ4v) is 3.46. The van der Waals surface area contributed by atoms with E-state index < -0.39 is 24.5 Å². The Hall–Kier alpha value is -2.30. The number of halogens is 6. The molecule has 0 spiro atoms. The van der Waals surface area contributed by atoms with Gasteiger partial charge in [-0.2, -0.15) is 26.3 Å². The molecule has 0 radical (unpaired) electrons. The van der Waals surface area contributed by atoms with E-state index in [9.17, 15) is 26.3 Å². The quantitative estimate of drug-likeness (QED) is 0.413. The fraction of sp³-hybridized carbons (Fsp3) is 0.353. The Labute approximate surface area is 160 Å². The van der Waals surface area contributed by atoms with Crippen molar-refractivity contribution in [2.24, 2.45) is 0 Å². The van der Waals surface area contributed by atoms with Crippen LogP contribution in [0.25, 0.3) is 22.7 Å². The Bertz CT molecular complexity index is 1010.